The van der Waals surface area contributed by atoms with Gasteiger partial charge in [-0.2, -0.15) is 4.98 Å². The molecule has 0 saturated carbocycles. The van der Waals surface area contributed by atoms with E-state index in [9.17, 15) is 17.6 Å². The van der Waals surface area contributed by atoms with E-state index in [1.54, 1.807) is 6.92 Å². The maximum absolute atomic E-state index is 14.3. The highest BCUT2D eigenvalue weighted by Gasteiger charge is 2.33. The lowest BCUT2D eigenvalue weighted by molar-refractivity contribution is -0.122. The molecule has 0 aliphatic carbocycles. The molecule has 3 rings (SSSR count). The van der Waals surface area contributed by atoms with Crippen LogP contribution in [0.3, 0.4) is 0 Å². The highest BCUT2D eigenvalue weighted by atomic mass is 32.2. The minimum absolute atomic E-state index is 0.0942. The minimum atomic E-state index is -3.93. The van der Waals surface area contributed by atoms with Gasteiger partial charge in [-0.25, -0.2) is 12.8 Å². The van der Waals surface area contributed by atoms with Crippen LogP contribution in [0, 0.1) is 12.7 Å². The van der Waals surface area contributed by atoms with Crippen molar-refractivity contribution in [2.24, 2.45) is 0 Å². The Hall–Kier alpha value is -3.27. The molecular formula is C21H23FN4O4S. The van der Waals surface area contributed by atoms with Gasteiger partial charge >= 0.3 is 0 Å². The smallest absolute Gasteiger partial charge is 0.246 e. The van der Waals surface area contributed by atoms with E-state index in [0.717, 1.165) is 27.8 Å². The van der Waals surface area contributed by atoms with E-state index in [1.165, 1.54) is 18.2 Å². The van der Waals surface area contributed by atoms with Gasteiger partial charge in [0.15, 0.2) is 0 Å². The Morgan fingerprint density at radius 1 is 1.23 bits per heavy atom. The maximum Gasteiger partial charge on any atom is 0.246 e. The third-order valence-corrected chi connectivity index (χ3v) is 5.74. The zero-order chi connectivity index (χ0) is 22.6. The molecule has 0 aliphatic heterocycles. The van der Waals surface area contributed by atoms with Gasteiger partial charge in [-0.1, -0.05) is 48.0 Å². The second-order valence-corrected chi connectivity index (χ2v) is 8.89. The summed E-state index contributed by atoms with van der Waals surface area (Å²) in [5, 5.41) is 6.51. The number of amides is 1. The zero-order valence-corrected chi connectivity index (χ0v) is 18.2. The number of hydrogen-bond donors (Lipinski definition) is 1. The van der Waals surface area contributed by atoms with Gasteiger partial charge in [0.05, 0.1) is 18.5 Å². The van der Waals surface area contributed by atoms with Crippen LogP contribution in [-0.2, 0) is 21.4 Å². The first-order chi connectivity index (χ1) is 14.7. The predicted molar refractivity (Wildman–Crippen MR) is 114 cm³/mol. The number of carbonyl (C=O) groups is 1. The Bertz CT molecular complexity index is 1180. The molecule has 0 radical (unpaired) electrons. The maximum atomic E-state index is 14.3. The van der Waals surface area contributed by atoms with Crippen LogP contribution in [0.1, 0.15) is 24.8 Å². The number of halogens is 1. The highest BCUT2D eigenvalue weighted by Crippen LogP contribution is 2.25. The molecule has 1 aromatic heterocycles. The topological polar surface area (TPSA) is 105 Å². The fourth-order valence-electron chi connectivity index (χ4n) is 3.17. The summed E-state index contributed by atoms with van der Waals surface area (Å²) in [6.07, 6.45) is 1.06. The molecule has 8 nitrogen and oxygen atoms in total. The lowest BCUT2D eigenvalue weighted by Crippen LogP contribution is -2.49. The SMILES string of the molecule is CC[C@H](C(=O)NCc1nc(-c2cccc(C)c2)no1)N(c1ccccc1F)S(C)(=O)=O. The molecule has 1 heterocycles. The summed E-state index contributed by atoms with van der Waals surface area (Å²) in [5.41, 5.74) is 1.62. The van der Waals surface area contributed by atoms with Crippen LogP contribution in [-0.4, -0.2) is 36.8 Å². The number of anilines is 1. The average molecular weight is 447 g/mol. The lowest BCUT2D eigenvalue weighted by Gasteiger charge is -2.30. The summed E-state index contributed by atoms with van der Waals surface area (Å²) in [4.78, 5) is 17.1. The summed E-state index contributed by atoms with van der Waals surface area (Å²) in [5.74, 6) is -0.800. The van der Waals surface area contributed by atoms with Gasteiger partial charge in [0, 0.05) is 5.56 Å². The van der Waals surface area contributed by atoms with Crippen molar-refractivity contribution in [3.63, 3.8) is 0 Å². The van der Waals surface area contributed by atoms with Gasteiger partial charge in [-0.15, -0.1) is 0 Å². The Morgan fingerprint density at radius 2 is 1.97 bits per heavy atom. The van der Waals surface area contributed by atoms with E-state index >= 15 is 0 Å². The van der Waals surface area contributed by atoms with Crippen LogP contribution >= 0.6 is 0 Å². The normalized spacial score (nSPS) is 12.4. The van der Waals surface area contributed by atoms with Crippen molar-refractivity contribution in [1.82, 2.24) is 15.5 Å². The standard InChI is InChI=1S/C21H23FN4O4S/c1-4-17(26(31(3,28)29)18-11-6-5-10-16(18)22)21(27)23-13-19-24-20(25-30-19)15-9-7-8-14(2)12-15/h5-12,17H,4,13H2,1-3H3,(H,23,27)/t17-/m1/s1. The fraction of sp³-hybridized carbons (Fsp3) is 0.286. The third-order valence-electron chi connectivity index (χ3n) is 4.58. The van der Waals surface area contributed by atoms with E-state index < -0.39 is 27.8 Å². The molecule has 1 atom stereocenters. The summed E-state index contributed by atoms with van der Waals surface area (Å²) >= 11 is 0. The number of rotatable bonds is 8. The number of carbonyl (C=O) groups excluding carboxylic acids is 1. The lowest BCUT2D eigenvalue weighted by atomic mass is 10.1. The average Bonchev–Trinajstić information content (AvgIpc) is 3.19. The van der Waals surface area contributed by atoms with Crippen molar-refractivity contribution in [2.75, 3.05) is 10.6 Å². The number of hydrogen-bond acceptors (Lipinski definition) is 6. The molecule has 31 heavy (non-hydrogen) atoms. The van der Waals surface area contributed by atoms with Gasteiger partial charge in [-0.3, -0.25) is 9.10 Å². The fourth-order valence-corrected chi connectivity index (χ4v) is 4.39. The second-order valence-electron chi connectivity index (χ2n) is 7.03. The van der Waals surface area contributed by atoms with Crippen LogP contribution in [0.4, 0.5) is 10.1 Å². The highest BCUT2D eigenvalue weighted by molar-refractivity contribution is 7.92. The first-order valence-electron chi connectivity index (χ1n) is 9.62. The molecule has 1 amide bonds. The molecule has 0 unspecified atom stereocenters. The van der Waals surface area contributed by atoms with Crippen molar-refractivity contribution in [3.8, 4) is 11.4 Å². The Morgan fingerprint density at radius 3 is 2.61 bits per heavy atom. The second kappa shape index (κ2) is 9.25. The predicted octanol–water partition coefficient (Wildman–Crippen LogP) is 3.05. The van der Waals surface area contributed by atoms with Crippen LogP contribution in [0.5, 0.6) is 0 Å². The molecule has 0 bridgehead atoms. The molecule has 0 spiro atoms. The number of aromatic nitrogens is 2. The van der Waals surface area contributed by atoms with Crippen LogP contribution in [0.25, 0.3) is 11.4 Å². The van der Waals surface area contributed by atoms with Crippen LogP contribution in [0.15, 0.2) is 53.1 Å². The number of nitrogens with one attached hydrogen (secondary N) is 1. The molecule has 3 aromatic rings. The van der Waals surface area contributed by atoms with E-state index in [1.807, 2.05) is 31.2 Å². The van der Waals surface area contributed by atoms with Crippen LogP contribution in [0.2, 0.25) is 0 Å². The summed E-state index contributed by atoms with van der Waals surface area (Å²) < 4.78 is 45.1. The molecule has 0 saturated heterocycles. The number of nitrogens with zero attached hydrogens (tertiary/aromatic N) is 3. The molecule has 0 fully saturated rings. The summed E-state index contributed by atoms with van der Waals surface area (Å²) in [6.45, 7) is 3.49. The number of sulfonamides is 1. The quantitative estimate of drug-likeness (QED) is 0.570. The van der Waals surface area contributed by atoms with Gasteiger partial charge in [0.1, 0.15) is 11.9 Å². The van der Waals surface area contributed by atoms with Gasteiger partial charge in [-0.05, 0) is 31.5 Å². The molecule has 164 valence electrons. The number of para-hydroxylation sites is 1. The Labute approximate surface area is 180 Å². The van der Waals surface area contributed by atoms with Crippen molar-refractivity contribution < 1.29 is 22.1 Å². The van der Waals surface area contributed by atoms with Crippen LogP contribution < -0.4 is 9.62 Å². The van der Waals surface area contributed by atoms with Gasteiger partial charge < -0.3 is 9.84 Å². The molecule has 1 N–H and O–H groups in total. The first-order valence-corrected chi connectivity index (χ1v) is 11.5. The zero-order valence-electron chi connectivity index (χ0n) is 17.4. The third kappa shape index (κ3) is 5.26. The summed E-state index contributed by atoms with van der Waals surface area (Å²) in [6, 6.07) is 11.8. The van der Waals surface area contributed by atoms with E-state index in [-0.39, 0.29) is 24.5 Å². The van der Waals surface area contributed by atoms with E-state index in [2.05, 4.69) is 15.5 Å². The minimum Gasteiger partial charge on any atom is -0.345 e. The monoisotopic (exact) mass is 446 g/mol. The van der Waals surface area contributed by atoms with E-state index in [4.69, 9.17) is 4.52 Å². The first kappa shape index (κ1) is 22.4. The number of benzene rings is 2. The largest absolute Gasteiger partial charge is 0.345 e. The van der Waals surface area contributed by atoms with Gasteiger partial charge in [0.25, 0.3) is 0 Å². The Kier molecular flexibility index (Phi) is 6.69. The van der Waals surface area contributed by atoms with Crippen molar-refractivity contribution in [1.29, 1.82) is 0 Å². The summed E-state index contributed by atoms with van der Waals surface area (Å²) in [7, 11) is -3.93. The van der Waals surface area contributed by atoms with Crippen molar-refractivity contribution in [2.45, 2.75) is 32.9 Å². The number of aryl methyl sites for hydroxylation is 1. The molecule has 10 heteroatoms. The Balaban J connectivity index is 1.77. The molecule has 2 aromatic carbocycles. The molecule has 0 aliphatic rings. The van der Waals surface area contributed by atoms with E-state index in [0.29, 0.717) is 5.82 Å². The van der Waals surface area contributed by atoms with Gasteiger partial charge in [0.2, 0.25) is 27.6 Å². The molecular weight excluding hydrogens is 423 g/mol. The van der Waals surface area contributed by atoms with Crippen molar-refractivity contribution in [3.05, 3.63) is 65.8 Å². The van der Waals surface area contributed by atoms with Crippen molar-refractivity contribution >= 4 is 21.6 Å².